The fourth-order valence-corrected chi connectivity index (χ4v) is 13.6. The largest absolute Gasteiger partial charge is 0.294 e. The van der Waals surface area contributed by atoms with Gasteiger partial charge in [0, 0.05) is 36.3 Å². The van der Waals surface area contributed by atoms with Gasteiger partial charge in [-0.2, -0.15) is 0 Å². The van der Waals surface area contributed by atoms with E-state index >= 15 is 0 Å². The van der Waals surface area contributed by atoms with Crippen LogP contribution in [-0.2, 0) is 0 Å². The van der Waals surface area contributed by atoms with Crippen molar-refractivity contribution in [3.05, 3.63) is 170 Å². The van der Waals surface area contributed by atoms with Crippen molar-refractivity contribution in [3.63, 3.8) is 0 Å². The van der Waals surface area contributed by atoms with Gasteiger partial charge in [0.25, 0.3) is 0 Å². The van der Waals surface area contributed by atoms with Crippen LogP contribution in [-0.4, -0.2) is 17.6 Å². The normalized spacial score (nSPS) is 12.0. The number of rotatable bonds is 5. The van der Waals surface area contributed by atoms with E-state index in [1.54, 1.807) is 0 Å². The Kier molecular flexibility index (Phi) is 6.05. The summed E-state index contributed by atoms with van der Waals surface area (Å²) in [6, 6.07) is 61.9. The van der Waals surface area contributed by atoms with Crippen LogP contribution in [0.4, 0.5) is 0 Å². The van der Waals surface area contributed by atoms with E-state index in [9.17, 15) is 0 Å². The highest BCUT2D eigenvalue weighted by Crippen LogP contribution is 2.34. The Hall–Kier alpha value is -5.29. The van der Waals surface area contributed by atoms with Gasteiger partial charge in [-0.25, -0.2) is 4.98 Å². The second-order valence-electron chi connectivity index (χ2n) is 11.5. The number of aromatic nitrogens is 2. The lowest BCUT2D eigenvalue weighted by Crippen LogP contribution is -2.75. The van der Waals surface area contributed by atoms with E-state index in [0.717, 1.165) is 11.1 Å². The molecule has 212 valence electrons. The van der Waals surface area contributed by atoms with Crippen molar-refractivity contribution >= 4 is 82.3 Å². The molecule has 0 unspecified atom stereocenters. The minimum Gasteiger partial charge on any atom is -0.294 e. The number of pyridine rings is 1. The van der Waals surface area contributed by atoms with Crippen LogP contribution < -0.4 is 20.9 Å². The smallest absolute Gasteiger partial charge is 0.203 e. The number of benzene rings is 6. The zero-order chi connectivity index (χ0) is 29.8. The molecule has 6 aromatic carbocycles. The lowest BCUT2D eigenvalue weighted by molar-refractivity contribution is 1.09. The van der Waals surface area contributed by atoms with E-state index < -0.39 is 8.07 Å². The third kappa shape index (κ3) is 3.90. The molecule has 0 radical (unpaired) electrons. The van der Waals surface area contributed by atoms with Gasteiger partial charge < -0.3 is 0 Å². The summed E-state index contributed by atoms with van der Waals surface area (Å²) in [6.07, 6.45) is 0. The molecule has 0 aliphatic heterocycles. The molecule has 0 aliphatic carbocycles. The highest BCUT2D eigenvalue weighted by Gasteiger charge is 2.44. The average Bonchev–Trinajstić information content (AvgIpc) is 3.66. The first-order valence-electron chi connectivity index (χ1n) is 15.3. The SMILES string of the molecule is c1ccc([Si](c2ccccc2)(c2cccc(-n3c4ccccc4c4ccccc43)n2)c2cccc3c2sc2ccccc23)cc1. The summed E-state index contributed by atoms with van der Waals surface area (Å²) < 4.78 is 5.00. The third-order valence-corrected chi connectivity index (χ3v) is 15.2. The molecule has 45 heavy (non-hydrogen) atoms. The maximum Gasteiger partial charge on any atom is 0.203 e. The van der Waals surface area contributed by atoms with Gasteiger partial charge in [0.1, 0.15) is 5.82 Å². The number of hydrogen-bond acceptors (Lipinski definition) is 2. The second kappa shape index (κ2) is 10.4. The lowest BCUT2D eigenvalue weighted by atomic mass is 10.1. The van der Waals surface area contributed by atoms with Crippen LogP contribution in [0, 0.1) is 0 Å². The summed E-state index contributed by atoms with van der Waals surface area (Å²) in [6.45, 7) is 0. The third-order valence-electron chi connectivity index (χ3n) is 9.15. The molecule has 0 saturated heterocycles. The maximum atomic E-state index is 5.71. The Bertz CT molecular complexity index is 2400. The minimum atomic E-state index is -2.92. The zero-order valence-corrected chi connectivity index (χ0v) is 26.3. The van der Waals surface area contributed by atoms with Crippen molar-refractivity contribution in [2.75, 3.05) is 0 Å². The van der Waals surface area contributed by atoms with Crippen molar-refractivity contribution in [3.8, 4) is 5.82 Å². The fourth-order valence-electron chi connectivity index (χ4n) is 7.26. The molecule has 9 aromatic rings. The molecule has 0 bridgehead atoms. The second-order valence-corrected chi connectivity index (χ2v) is 16.3. The summed E-state index contributed by atoms with van der Waals surface area (Å²) in [4.78, 5) is 5.71. The number of hydrogen-bond donors (Lipinski definition) is 0. The maximum absolute atomic E-state index is 5.71. The van der Waals surface area contributed by atoms with Crippen molar-refractivity contribution in [2.24, 2.45) is 0 Å². The zero-order valence-electron chi connectivity index (χ0n) is 24.5. The fraction of sp³-hybridized carbons (Fsp3) is 0. The first-order valence-corrected chi connectivity index (χ1v) is 18.1. The predicted octanol–water partition coefficient (Wildman–Crippen LogP) is 7.92. The van der Waals surface area contributed by atoms with Crippen molar-refractivity contribution in [1.29, 1.82) is 0 Å². The molecule has 0 saturated carbocycles. The van der Waals surface area contributed by atoms with Crippen molar-refractivity contribution in [2.45, 2.75) is 0 Å². The van der Waals surface area contributed by atoms with Gasteiger partial charge in [-0.15, -0.1) is 11.3 Å². The van der Waals surface area contributed by atoms with Crippen LogP contribution in [0.5, 0.6) is 0 Å². The Balaban J connectivity index is 1.42. The molecule has 0 spiro atoms. The van der Waals surface area contributed by atoms with Crippen LogP contribution in [0.15, 0.2) is 170 Å². The molecule has 0 amide bonds. The number of fused-ring (bicyclic) bond motifs is 6. The van der Waals surface area contributed by atoms with E-state index in [1.807, 2.05) is 11.3 Å². The highest BCUT2D eigenvalue weighted by molar-refractivity contribution is 7.30. The molecule has 3 aromatic heterocycles. The molecule has 0 N–H and O–H groups in total. The van der Waals surface area contributed by atoms with Crippen molar-refractivity contribution < 1.29 is 0 Å². The van der Waals surface area contributed by atoms with Crippen molar-refractivity contribution in [1.82, 2.24) is 9.55 Å². The first kappa shape index (κ1) is 26.1. The Labute approximate surface area is 266 Å². The topological polar surface area (TPSA) is 17.8 Å². The highest BCUT2D eigenvalue weighted by atomic mass is 32.1. The van der Waals surface area contributed by atoms with Crippen LogP contribution >= 0.6 is 11.3 Å². The number of thiophene rings is 1. The minimum absolute atomic E-state index is 0.942. The molecule has 0 atom stereocenters. The van der Waals surface area contributed by atoms with E-state index in [4.69, 9.17) is 4.98 Å². The van der Waals surface area contributed by atoms with Gasteiger partial charge in [-0.05, 0) is 45.9 Å². The van der Waals surface area contributed by atoms with Gasteiger partial charge in [0.05, 0.1) is 11.0 Å². The van der Waals surface area contributed by atoms with Gasteiger partial charge in [-0.1, -0.05) is 140 Å². The summed E-state index contributed by atoms with van der Waals surface area (Å²) in [5.74, 6) is 0.942. The Morgan fingerprint density at radius 2 is 0.978 bits per heavy atom. The van der Waals surface area contributed by atoms with E-state index in [-0.39, 0.29) is 0 Å². The molecule has 4 heteroatoms. The summed E-state index contributed by atoms with van der Waals surface area (Å²) in [5, 5.41) is 10.3. The molecule has 0 aliphatic rings. The molecule has 2 nitrogen and oxygen atoms in total. The van der Waals surface area contributed by atoms with Gasteiger partial charge in [-0.3, -0.25) is 4.57 Å². The monoisotopic (exact) mass is 608 g/mol. The molecule has 9 rings (SSSR count). The number of para-hydroxylation sites is 2. The van der Waals surface area contributed by atoms with Crippen LogP contribution in [0.25, 0.3) is 47.8 Å². The predicted molar refractivity (Wildman–Crippen MR) is 195 cm³/mol. The van der Waals surface area contributed by atoms with E-state index in [2.05, 4.69) is 174 Å². The van der Waals surface area contributed by atoms with E-state index in [1.165, 1.54) is 57.5 Å². The summed E-state index contributed by atoms with van der Waals surface area (Å²) in [7, 11) is -2.92. The molecule has 0 fully saturated rings. The summed E-state index contributed by atoms with van der Waals surface area (Å²) >= 11 is 1.91. The average molecular weight is 609 g/mol. The standard InChI is InChI=1S/C41H28N2SSi/c1-3-15-29(16-4-1)45(30-17-5-2-6-18-30,38-26-13-22-34-33-21-9-12-25-37(33)44-41(34)38)40-28-14-27-39(42-40)43-35-23-10-7-19-31(35)32-20-8-11-24-36(32)43/h1-28H. The molecular formula is C41H28N2SSi. The van der Waals surface area contributed by atoms with E-state index in [0.29, 0.717) is 0 Å². The van der Waals surface area contributed by atoms with Crippen LogP contribution in [0.2, 0.25) is 0 Å². The van der Waals surface area contributed by atoms with Crippen LogP contribution in [0.3, 0.4) is 0 Å². The van der Waals surface area contributed by atoms with Crippen LogP contribution in [0.1, 0.15) is 0 Å². The van der Waals surface area contributed by atoms with Gasteiger partial charge in [0.15, 0.2) is 0 Å². The lowest BCUT2D eigenvalue weighted by Gasteiger charge is -2.34. The quantitative estimate of drug-likeness (QED) is 0.143. The Morgan fingerprint density at radius 3 is 1.64 bits per heavy atom. The molecular weight excluding hydrogens is 581 g/mol. The first-order chi connectivity index (χ1) is 22.3. The molecule has 3 heterocycles. The van der Waals surface area contributed by atoms with Gasteiger partial charge in [0.2, 0.25) is 8.07 Å². The van der Waals surface area contributed by atoms with Gasteiger partial charge >= 0.3 is 0 Å². The summed E-state index contributed by atoms with van der Waals surface area (Å²) in [5.41, 5.74) is 2.34. The number of nitrogens with zero attached hydrogens (tertiary/aromatic N) is 2. The Morgan fingerprint density at radius 1 is 0.444 bits per heavy atom.